The predicted octanol–water partition coefficient (Wildman–Crippen LogP) is 1.85. The van der Waals surface area contributed by atoms with Crippen LogP contribution in [0.1, 0.15) is 20.3 Å². The summed E-state index contributed by atoms with van der Waals surface area (Å²) in [6.07, 6.45) is 0.804. The molecule has 0 fully saturated rings. The van der Waals surface area contributed by atoms with Gasteiger partial charge in [-0.25, -0.2) is 4.39 Å². The second-order valence-corrected chi connectivity index (χ2v) is 5.22. The highest BCUT2D eigenvalue weighted by atomic mass is 32.2. The van der Waals surface area contributed by atoms with Gasteiger partial charge in [-0.1, -0.05) is 19.1 Å². The van der Waals surface area contributed by atoms with E-state index < -0.39 is 16.6 Å². The second kappa shape index (κ2) is 6.49. The van der Waals surface area contributed by atoms with Crippen molar-refractivity contribution in [3.63, 3.8) is 0 Å². The van der Waals surface area contributed by atoms with Gasteiger partial charge in [0.25, 0.3) is 0 Å². The molecule has 5 heteroatoms. The number of carbonyl (C=O) groups is 1. The smallest absolute Gasteiger partial charge is 0.233 e. The van der Waals surface area contributed by atoms with Crippen LogP contribution < -0.4 is 5.32 Å². The summed E-state index contributed by atoms with van der Waals surface area (Å²) in [6.45, 7) is 3.81. The molecule has 0 spiro atoms. The van der Waals surface area contributed by atoms with Crippen LogP contribution in [-0.4, -0.2) is 21.9 Å². The number of hydrogen-bond donors (Lipinski definition) is 1. The minimum absolute atomic E-state index is 0.0418. The van der Waals surface area contributed by atoms with Crippen LogP contribution in [0.3, 0.4) is 0 Å². The molecule has 1 rings (SSSR count). The SMILES string of the molecule is CCC(C)NC(=O)CS(=O)c1ccccc1F. The van der Waals surface area contributed by atoms with Gasteiger partial charge in [-0.05, 0) is 25.5 Å². The summed E-state index contributed by atoms with van der Waals surface area (Å²) in [4.78, 5) is 11.6. The number of hydrogen-bond acceptors (Lipinski definition) is 2. The van der Waals surface area contributed by atoms with Crippen LogP contribution in [0.25, 0.3) is 0 Å². The molecule has 1 amide bonds. The van der Waals surface area contributed by atoms with E-state index >= 15 is 0 Å². The fourth-order valence-electron chi connectivity index (χ4n) is 1.24. The average molecular weight is 257 g/mol. The van der Waals surface area contributed by atoms with E-state index in [-0.39, 0.29) is 22.6 Å². The number of nitrogens with one attached hydrogen (secondary N) is 1. The van der Waals surface area contributed by atoms with Crippen LogP contribution in [0.2, 0.25) is 0 Å². The molecule has 0 radical (unpaired) electrons. The van der Waals surface area contributed by atoms with E-state index in [9.17, 15) is 13.4 Å². The highest BCUT2D eigenvalue weighted by Crippen LogP contribution is 2.11. The summed E-state index contributed by atoms with van der Waals surface area (Å²) >= 11 is 0. The molecule has 1 aromatic rings. The Labute approximate surface area is 103 Å². The number of rotatable bonds is 5. The maximum Gasteiger partial charge on any atom is 0.233 e. The van der Waals surface area contributed by atoms with Crippen LogP contribution in [-0.2, 0) is 15.6 Å². The summed E-state index contributed by atoms with van der Waals surface area (Å²) in [5.41, 5.74) is 0. The van der Waals surface area contributed by atoms with Gasteiger partial charge in [0, 0.05) is 6.04 Å². The summed E-state index contributed by atoms with van der Waals surface area (Å²) in [5, 5.41) is 2.70. The zero-order valence-corrected chi connectivity index (χ0v) is 10.7. The van der Waals surface area contributed by atoms with E-state index in [4.69, 9.17) is 0 Å². The molecule has 2 atom stereocenters. The van der Waals surface area contributed by atoms with Gasteiger partial charge >= 0.3 is 0 Å². The second-order valence-electron chi connectivity index (χ2n) is 3.80. The fourth-order valence-corrected chi connectivity index (χ4v) is 2.24. The number of carbonyl (C=O) groups excluding carboxylic acids is 1. The van der Waals surface area contributed by atoms with Crippen molar-refractivity contribution in [2.75, 3.05) is 5.75 Å². The van der Waals surface area contributed by atoms with Gasteiger partial charge in [-0.3, -0.25) is 9.00 Å². The topological polar surface area (TPSA) is 46.2 Å². The maximum absolute atomic E-state index is 13.3. The first-order valence-corrected chi connectivity index (χ1v) is 6.78. The molecule has 0 heterocycles. The fraction of sp³-hybridized carbons (Fsp3) is 0.417. The molecule has 0 saturated carbocycles. The van der Waals surface area contributed by atoms with Gasteiger partial charge in [-0.15, -0.1) is 0 Å². The zero-order chi connectivity index (χ0) is 12.8. The van der Waals surface area contributed by atoms with Crippen molar-refractivity contribution < 1.29 is 13.4 Å². The number of halogens is 1. The van der Waals surface area contributed by atoms with E-state index in [1.54, 1.807) is 6.07 Å². The lowest BCUT2D eigenvalue weighted by molar-refractivity contribution is -0.119. The minimum Gasteiger partial charge on any atom is -0.353 e. The standard InChI is InChI=1S/C12H16FNO2S/c1-3-9(2)14-12(15)8-17(16)11-7-5-4-6-10(11)13/h4-7,9H,3,8H2,1-2H3,(H,14,15). The first-order chi connectivity index (χ1) is 8.04. The Morgan fingerprint density at radius 3 is 2.71 bits per heavy atom. The van der Waals surface area contributed by atoms with E-state index in [0.717, 1.165) is 6.42 Å². The monoisotopic (exact) mass is 257 g/mol. The third-order valence-electron chi connectivity index (χ3n) is 2.36. The van der Waals surface area contributed by atoms with Crippen molar-refractivity contribution >= 4 is 16.7 Å². The maximum atomic E-state index is 13.3. The molecule has 0 aliphatic heterocycles. The van der Waals surface area contributed by atoms with Crippen molar-refractivity contribution in [1.29, 1.82) is 0 Å². The lowest BCUT2D eigenvalue weighted by Gasteiger charge is -2.11. The van der Waals surface area contributed by atoms with Crippen molar-refractivity contribution in [3.8, 4) is 0 Å². The van der Waals surface area contributed by atoms with Crippen molar-refractivity contribution in [2.24, 2.45) is 0 Å². The molecule has 0 aromatic heterocycles. The molecule has 3 nitrogen and oxygen atoms in total. The average Bonchev–Trinajstić information content (AvgIpc) is 2.29. The molecule has 94 valence electrons. The molecule has 0 aliphatic carbocycles. The van der Waals surface area contributed by atoms with Crippen molar-refractivity contribution in [3.05, 3.63) is 30.1 Å². The molecular weight excluding hydrogens is 241 g/mol. The molecule has 1 aromatic carbocycles. The van der Waals surface area contributed by atoms with E-state index in [1.807, 2.05) is 13.8 Å². The van der Waals surface area contributed by atoms with Crippen LogP contribution in [0, 0.1) is 5.82 Å². The third-order valence-corrected chi connectivity index (χ3v) is 3.71. The third kappa shape index (κ3) is 4.26. The van der Waals surface area contributed by atoms with E-state index in [1.165, 1.54) is 18.2 Å². The van der Waals surface area contributed by atoms with Crippen LogP contribution in [0.5, 0.6) is 0 Å². The highest BCUT2D eigenvalue weighted by molar-refractivity contribution is 7.85. The van der Waals surface area contributed by atoms with Crippen molar-refractivity contribution in [2.45, 2.75) is 31.2 Å². The van der Waals surface area contributed by atoms with Gasteiger partial charge in [0.05, 0.1) is 15.7 Å². The zero-order valence-electron chi connectivity index (χ0n) is 9.90. The van der Waals surface area contributed by atoms with Gasteiger partial charge in [0.2, 0.25) is 5.91 Å². The molecule has 2 unspecified atom stereocenters. The molecule has 1 N–H and O–H groups in total. The molecule has 17 heavy (non-hydrogen) atoms. The summed E-state index contributed by atoms with van der Waals surface area (Å²) < 4.78 is 25.1. The van der Waals surface area contributed by atoms with Gasteiger partial charge in [-0.2, -0.15) is 0 Å². The molecular formula is C12H16FNO2S. The van der Waals surface area contributed by atoms with E-state index in [2.05, 4.69) is 5.32 Å². The Hall–Kier alpha value is -1.23. The summed E-state index contributed by atoms with van der Waals surface area (Å²) in [5.74, 6) is -1.06. The van der Waals surface area contributed by atoms with Crippen LogP contribution in [0.4, 0.5) is 4.39 Å². The lowest BCUT2D eigenvalue weighted by Crippen LogP contribution is -2.35. The Balaban J connectivity index is 2.61. The van der Waals surface area contributed by atoms with Gasteiger partial charge < -0.3 is 5.32 Å². The van der Waals surface area contributed by atoms with E-state index in [0.29, 0.717) is 0 Å². The van der Waals surface area contributed by atoms with Crippen LogP contribution >= 0.6 is 0 Å². The first-order valence-electron chi connectivity index (χ1n) is 5.46. The van der Waals surface area contributed by atoms with Gasteiger partial charge in [0.1, 0.15) is 11.6 Å². The quantitative estimate of drug-likeness (QED) is 0.875. The first kappa shape index (κ1) is 13.8. The normalized spacial score (nSPS) is 14.1. The Morgan fingerprint density at radius 2 is 2.12 bits per heavy atom. The molecule has 0 aliphatic rings. The minimum atomic E-state index is -1.63. The van der Waals surface area contributed by atoms with Crippen LogP contribution in [0.15, 0.2) is 29.2 Å². The summed E-state index contributed by atoms with van der Waals surface area (Å²) in [6, 6.07) is 5.83. The number of benzene rings is 1. The van der Waals surface area contributed by atoms with Gasteiger partial charge in [0.15, 0.2) is 0 Å². The van der Waals surface area contributed by atoms with Crippen molar-refractivity contribution in [1.82, 2.24) is 5.32 Å². The Kier molecular flexibility index (Phi) is 5.28. The Bertz CT molecular complexity index is 423. The molecule has 0 saturated heterocycles. The summed E-state index contributed by atoms with van der Waals surface area (Å²) in [7, 11) is -1.63. The molecule has 0 bridgehead atoms. The predicted molar refractivity (Wildman–Crippen MR) is 65.6 cm³/mol. The lowest BCUT2D eigenvalue weighted by atomic mass is 10.3. The Morgan fingerprint density at radius 1 is 1.47 bits per heavy atom. The highest BCUT2D eigenvalue weighted by Gasteiger charge is 2.14. The number of amides is 1. The largest absolute Gasteiger partial charge is 0.353 e.